The number of aromatic carboxylic acids is 1. The van der Waals surface area contributed by atoms with E-state index in [1.54, 1.807) is 24.3 Å². The highest BCUT2D eigenvalue weighted by molar-refractivity contribution is 6.02. The molecule has 0 atom stereocenters. The predicted octanol–water partition coefficient (Wildman–Crippen LogP) is 3.18. The minimum absolute atomic E-state index is 0.0929. The first-order valence-electron chi connectivity index (χ1n) is 6.12. The highest BCUT2D eigenvalue weighted by Crippen LogP contribution is 2.11. The summed E-state index contributed by atoms with van der Waals surface area (Å²) in [4.78, 5) is 22.5. The maximum Gasteiger partial charge on any atom is 0.335 e. The van der Waals surface area contributed by atoms with Gasteiger partial charge >= 0.3 is 5.97 Å². The van der Waals surface area contributed by atoms with Crippen LogP contribution in [-0.2, 0) is 4.79 Å². The van der Waals surface area contributed by atoms with Gasteiger partial charge in [0, 0.05) is 11.8 Å². The van der Waals surface area contributed by atoms with E-state index in [0.29, 0.717) is 11.3 Å². The molecule has 0 radical (unpaired) electrons. The average molecular weight is 285 g/mol. The zero-order valence-corrected chi connectivity index (χ0v) is 10.9. The Labute approximate surface area is 120 Å². The molecule has 5 heteroatoms. The summed E-state index contributed by atoms with van der Waals surface area (Å²) in [6.45, 7) is 0. The Morgan fingerprint density at radius 3 is 2.48 bits per heavy atom. The summed E-state index contributed by atoms with van der Waals surface area (Å²) in [5.74, 6) is -1.81. The molecular formula is C16H12FNO3. The van der Waals surface area contributed by atoms with Crippen molar-refractivity contribution in [3.05, 3.63) is 71.6 Å². The zero-order chi connectivity index (χ0) is 15.2. The second-order valence-electron chi connectivity index (χ2n) is 4.26. The van der Waals surface area contributed by atoms with Gasteiger partial charge in [0.15, 0.2) is 0 Å². The molecule has 21 heavy (non-hydrogen) atoms. The fourth-order valence-corrected chi connectivity index (χ4v) is 1.66. The van der Waals surface area contributed by atoms with E-state index in [0.717, 1.165) is 0 Å². The molecule has 0 aliphatic carbocycles. The molecule has 0 aliphatic heterocycles. The van der Waals surface area contributed by atoms with Gasteiger partial charge in [-0.25, -0.2) is 9.18 Å². The van der Waals surface area contributed by atoms with Crippen molar-refractivity contribution in [2.75, 3.05) is 5.32 Å². The number of amides is 1. The second kappa shape index (κ2) is 6.47. The molecule has 0 heterocycles. The Hall–Kier alpha value is -2.95. The molecule has 0 fully saturated rings. The van der Waals surface area contributed by atoms with E-state index in [1.807, 2.05) is 0 Å². The van der Waals surface area contributed by atoms with E-state index in [4.69, 9.17) is 5.11 Å². The van der Waals surface area contributed by atoms with Crippen LogP contribution in [0.4, 0.5) is 10.1 Å². The van der Waals surface area contributed by atoms with Gasteiger partial charge in [-0.15, -0.1) is 0 Å². The van der Waals surface area contributed by atoms with Gasteiger partial charge < -0.3 is 10.4 Å². The Morgan fingerprint density at radius 2 is 1.81 bits per heavy atom. The number of carboxylic acids is 1. The number of carbonyl (C=O) groups is 2. The first kappa shape index (κ1) is 14.5. The lowest BCUT2D eigenvalue weighted by Gasteiger charge is -2.03. The van der Waals surface area contributed by atoms with Gasteiger partial charge in [-0.1, -0.05) is 18.2 Å². The van der Waals surface area contributed by atoms with Crippen molar-refractivity contribution in [3.8, 4) is 0 Å². The number of anilines is 1. The van der Waals surface area contributed by atoms with Gasteiger partial charge in [0.05, 0.1) is 5.56 Å². The van der Waals surface area contributed by atoms with Gasteiger partial charge in [-0.2, -0.15) is 0 Å². The van der Waals surface area contributed by atoms with Crippen LogP contribution in [0.1, 0.15) is 15.9 Å². The summed E-state index contributed by atoms with van der Waals surface area (Å²) in [5.41, 5.74) is 1.17. The molecule has 4 nitrogen and oxygen atoms in total. The SMILES string of the molecule is O=C(/C=C/c1ccc(F)cc1)Nc1cccc(C(=O)O)c1. The van der Waals surface area contributed by atoms with Crippen LogP contribution in [0.5, 0.6) is 0 Å². The van der Waals surface area contributed by atoms with Gasteiger partial charge in [0.1, 0.15) is 5.82 Å². The van der Waals surface area contributed by atoms with Gasteiger partial charge in [0.2, 0.25) is 5.91 Å². The number of halogens is 1. The molecule has 2 N–H and O–H groups in total. The maximum absolute atomic E-state index is 12.7. The monoisotopic (exact) mass is 285 g/mol. The standard InChI is InChI=1S/C16H12FNO3/c17-13-7-4-11(5-8-13)6-9-15(19)18-14-3-1-2-12(10-14)16(20)21/h1-10H,(H,18,19)(H,20,21)/b9-6+. The van der Waals surface area contributed by atoms with Gasteiger partial charge in [-0.05, 0) is 42.0 Å². The van der Waals surface area contributed by atoms with Crippen LogP contribution >= 0.6 is 0 Å². The second-order valence-corrected chi connectivity index (χ2v) is 4.26. The summed E-state index contributed by atoms with van der Waals surface area (Å²) in [6.07, 6.45) is 2.83. The summed E-state index contributed by atoms with van der Waals surface area (Å²) in [7, 11) is 0. The summed E-state index contributed by atoms with van der Waals surface area (Å²) in [5, 5.41) is 11.4. The van der Waals surface area contributed by atoms with E-state index in [-0.39, 0.29) is 11.4 Å². The minimum atomic E-state index is -1.06. The summed E-state index contributed by atoms with van der Waals surface area (Å²) >= 11 is 0. The fourth-order valence-electron chi connectivity index (χ4n) is 1.66. The Morgan fingerprint density at radius 1 is 1.10 bits per heavy atom. The van der Waals surface area contributed by atoms with Crippen LogP contribution in [0.15, 0.2) is 54.6 Å². The lowest BCUT2D eigenvalue weighted by molar-refractivity contribution is -0.111. The van der Waals surface area contributed by atoms with E-state index in [1.165, 1.54) is 36.4 Å². The lowest BCUT2D eigenvalue weighted by Crippen LogP contribution is -2.08. The van der Waals surface area contributed by atoms with Crippen molar-refractivity contribution < 1.29 is 19.1 Å². The van der Waals surface area contributed by atoms with Crippen molar-refractivity contribution in [1.82, 2.24) is 0 Å². The van der Waals surface area contributed by atoms with E-state index < -0.39 is 11.9 Å². The van der Waals surface area contributed by atoms with Crippen LogP contribution in [0, 0.1) is 5.82 Å². The first-order valence-corrected chi connectivity index (χ1v) is 6.12. The molecule has 0 saturated carbocycles. The lowest BCUT2D eigenvalue weighted by atomic mass is 10.2. The third-order valence-electron chi connectivity index (χ3n) is 2.67. The smallest absolute Gasteiger partial charge is 0.335 e. The molecule has 0 spiro atoms. The quantitative estimate of drug-likeness (QED) is 0.848. The van der Waals surface area contributed by atoms with E-state index in [9.17, 15) is 14.0 Å². The van der Waals surface area contributed by atoms with Crippen molar-refractivity contribution in [2.45, 2.75) is 0 Å². The molecule has 1 amide bonds. The van der Waals surface area contributed by atoms with Crippen LogP contribution in [0.3, 0.4) is 0 Å². The molecule has 0 unspecified atom stereocenters. The molecule has 2 aromatic carbocycles. The molecular weight excluding hydrogens is 273 g/mol. The Balaban J connectivity index is 2.03. The van der Waals surface area contributed by atoms with Crippen LogP contribution < -0.4 is 5.32 Å². The van der Waals surface area contributed by atoms with E-state index >= 15 is 0 Å². The van der Waals surface area contributed by atoms with Crippen LogP contribution in [0.25, 0.3) is 6.08 Å². The van der Waals surface area contributed by atoms with Crippen molar-refractivity contribution in [3.63, 3.8) is 0 Å². The Kier molecular flexibility index (Phi) is 4.46. The molecule has 0 saturated heterocycles. The number of nitrogens with one attached hydrogen (secondary N) is 1. The third kappa shape index (κ3) is 4.28. The highest BCUT2D eigenvalue weighted by atomic mass is 19.1. The normalized spacial score (nSPS) is 10.5. The number of benzene rings is 2. The fraction of sp³-hybridized carbons (Fsp3) is 0. The van der Waals surface area contributed by atoms with Crippen molar-refractivity contribution >= 4 is 23.6 Å². The molecule has 2 rings (SSSR count). The number of carbonyl (C=O) groups excluding carboxylic acids is 1. The number of hydrogen-bond acceptors (Lipinski definition) is 2. The minimum Gasteiger partial charge on any atom is -0.478 e. The summed E-state index contributed by atoms with van der Waals surface area (Å²) < 4.78 is 12.7. The largest absolute Gasteiger partial charge is 0.478 e. The Bertz CT molecular complexity index is 693. The number of rotatable bonds is 4. The number of carboxylic acid groups (broad SMARTS) is 1. The maximum atomic E-state index is 12.7. The van der Waals surface area contributed by atoms with Crippen molar-refractivity contribution in [1.29, 1.82) is 0 Å². The van der Waals surface area contributed by atoms with Crippen molar-refractivity contribution in [2.24, 2.45) is 0 Å². The molecule has 106 valence electrons. The van der Waals surface area contributed by atoms with Gasteiger partial charge in [-0.3, -0.25) is 4.79 Å². The molecule has 0 aliphatic rings. The van der Waals surface area contributed by atoms with Crippen LogP contribution in [0.2, 0.25) is 0 Å². The topological polar surface area (TPSA) is 66.4 Å². The highest BCUT2D eigenvalue weighted by Gasteiger charge is 2.04. The summed E-state index contributed by atoms with van der Waals surface area (Å²) in [6, 6.07) is 11.6. The molecule has 0 aromatic heterocycles. The van der Waals surface area contributed by atoms with Gasteiger partial charge in [0.25, 0.3) is 0 Å². The molecule has 0 bridgehead atoms. The predicted molar refractivity (Wildman–Crippen MR) is 77.5 cm³/mol. The average Bonchev–Trinajstić information content (AvgIpc) is 2.47. The van der Waals surface area contributed by atoms with E-state index in [2.05, 4.69) is 5.32 Å². The molecule has 2 aromatic rings. The third-order valence-corrected chi connectivity index (χ3v) is 2.67. The zero-order valence-electron chi connectivity index (χ0n) is 10.9. The number of hydrogen-bond donors (Lipinski definition) is 2. The first-order chi connectivity index (χ1) is 10.0. The van der Waals surface area contributed by atoms with Crippen LogP contribution in [-0.4, -0.2) is 17.0 Å².